The molecule has 0 aliphatic rings. The summed E-state index contributed by atoms with van der Waals surface area (Å²) in [6.07, 6.45) is 0. The molecule has 0 bridgehead atoms. The lowest BCUT2D eigenvalue weighted by Gasteiger charge is -2.03. The fourth-order valence-corrected chi connectivity index (χ4v) is 1.29. The largest absolute Gasteiger partial charge is 0.396 e. The van der Waals surface area contributed by atoms with Gasteiger partial charge >= 0.3 is 0 Å². The molecule has 2 rings (SSSR count). The Kier molecular flexibility index (Phi) is 1.80. The average Bonchev–Trinajstić information content (AvgIpc) is 2.10. The van der Waals surface area contributed by atoms with Gasteiger partial charge in [0.1, 0.15) is 11.6 Å². The Hall–Kier alpha value is -1.78. The predicted octanol–water partition coefficient (Wildman–Crippen LogP) is 1.80. The van der Waals surface area contributed by atoms with Gasteiger partial charge in [-0.25, -0.2) is 14.4 Å². The van der Waals surface area contributed by atoms with Crippen molar-refractivity contribution in [2.45, 2.75) is 6.92 Å². The quantitative estimate of drug-likeness (QED) is 0.515. The monoisotopic (exact) mass is 195 g/mol. The third-order valence-corrected chi connectivity index (χ3v) is 1.92. The van der Waals surface area contributed by atoms with Crippen LogP contribution in [-0.2, 0) is 0 Å². The molecule has 0 amide bonds. The number of nitrogens with two attached hydrogens (primary N) is 1. The van der Waals surface area contributed by atoms with Gasteiger partial charge in [-0.3, -0.25) is 0 Å². The van der Waals surface area contributed by atoms with Crippen molar-refractivity contribution in [3.05, 3.63) is 29.7 Å². The van der Waals surface area contributed by atoms with Crippen molar-refractivity contribution in [2.24, 2.45) is 0 Å². The standard InChI is InChI=1S/C9H7F2N3/c1-4-13-6-3-2-5(10)8(12)7(6)9(11)14-4/h2-3H,12H2,1H3. The summed E-state index contributed by atoms with van der Waals surface area (Å²) < 4.78 is 26.3. The van der Waals surface area contributed by atoms with Crippen molar-refractivity contribution < 1.29 is 8.78 Å². The van der Waals surface area contributed by atoms with E-state index in [0.29, 0.717) is 11.3 Å². The first kappa shape index (κ1) is 8.80. The summed E-state index contributed by atoms with van der Waals surface area (Å²) in [6, 6.07) is 2.53. The van der Waals surface area contributed by atoms with Gasteiger partial charge in [0.05, 0.1) is 16.6 Å². The number of benzene rings is 1. The van der Waals surface area contributed by atoms with E-state index < -0.39 is 11.8 Å². The van der Waals surface area contributed by atoms with Crippen LogP contribution in [0.1, 0.15) is 5.82 Å². The number of anilines is 1. The third kappa shape index (κ3) is 1.17. The number of fused-ring (bicyclic) bond motifs is 1. The van der Waals surface area contributed by atoms with E-state index in [9.17, 15) is 8.78 Å². The SMILES string of the molecule is Cc1nc(F)c2c(N)c(F)ccc2n1. The van der Waals surface area contributed by atoms with E-state index in [2.05, 4.69) is 9.97 Å². The summed E-state index contributed by atoms with van der Waals surface area (Å²) in [7, 11) is 0. The van der Waals surface area contributed by atoms with E-state index in [-0.39, 0.29) is 11.1 Å². The van der Waals surface area contributed by atoms with E-state index in [1.54, 1.807) is 6.92 Å². The second-order valence-electron chi connectivity index (χ2n) is 2.92. The molecule has 0 saturated carbocycles. The summed E-state index contributed by atoms with van der Waals surface area (Å²) in [5.74, 6) is -1.16. The topological polar surface area (TPSA) is 51.8 Å². The van der Waals surface area contributed by atoms with Crippen LogP contribution < -0.4 is 5.73 Å². The Balaban J connectivity index is 2.95. The van der Waals surface area contributed by atoms with E-state index in [0.717, 1.165) is 6.07 Å². The number of nitrogen functional groups attached to an aromatic ring is 1. The molecule has 1 aromatic carbocycles. The lowest BCUT2D eigenvalue weighted by molar-refractivity contribution is 0.586. The Bertz CT molecular complexity index is 511. The zero-order valence-electron chi connectivity index (χ0n) is 7.38. The fraction of sp³-hybridized carbons (Fsp3) is 0.111. The number of aryl methyl sites for hydroxylation is 1. The molecular weight excluding hydrogens is 188 g/mol. The van der Waals surface area contributed by atoms with Gasteiger partial charge in [-0.05, 0) is 19.1 Å². The molecule has 5 heteroatoms. The fourth-order valence-electron chi connectivity index (χ4n) is 1.29. The average molecular weight is 195 g/mol. The van der Waals surface area contributed by atoms with Crippen molar-refractivity contribution in [1.29, 1.82) is 0 Å². The molecule has 1 aromatic heterocycles. The highest BCUT2D eigenvalue weighted by molar-refractivity contribution is 5.90. The molecule has 0 atom stereocenters. The molecule has 1 heterocycles. The lowest BCUT2D eigenvalue weighted by atomic mass is 10.2. The van der Waals surface area contributed by atoms with Crippen LogP contribution in [0.15, 0.2) is 12.1 Å². The number of aromatic nitrogens is 2. The molecule has 0 fully saturated rings. The first-order chi connectivity index (χ1) is 6.59. The smallest absolute Gasteiger partial charge is 0.226 e. The molecule has 0 saturated heterocycles. The minimum absolute atomic E-state index is 0.0596. The minimum Gasteiger partial charge on any atom is -0.396 e. The Morgan fingerprint density at radius 1 is 1.21 bits per heavy atom. The first-order valence-electron chi connectivity index (χ1n) is 3.97. The van der Waals surface area contributed by atoms with Crippen LogP contribution in [0.2, 0.25) is 0 Å². The number of hydrogen-bond donors (Lipinski definition) is 1. The summed E-state index contributed by atoms with van der Waals surface area (Å²) in [6.45, 7) is 1.56. The molecular formula is C9H7F2N3. The van der Waals surface area contributed by atoms with Gasteiger partial charge < -0.3 is 5.73 Å². The van der Waals surface area contributed by atoms with Gasteiger partial charge in [-0.15, -0.1) is 0 Å². The van der Waals surface area contributed by atoms with Gasteiger partial charge in [0.2, 0.25) is 5.95 Å². The van der Waals surface area contributed by atoms with Gasteiger partial charge in [-0.1, -0.05) is 0 Å². The normalized spacial score (nSPS) is 10.8. The van der Waals surface area contributed by atoms with Crippen molar-refractivity contribution in [3.63, 3.8) is 0 Å². The van der Waals surface area contributed by atoms with Crippen LogP contribution in [0.5, 0.6) is 0 Å². The number of halogens is 2. The van der Waals surface area contributed by atoms with Crippen LogP contribution in [-0.4, -0.2) is 9.97 Å². The van der Waals surface area contributed by atoms with Gasteiger partial charge in [0.25, 0.3) is 0 Å². The maximum absolute atomic E-state index is 13.3. The van der Waals surface area contributed by atoms with Crippen LogP contribution in [0.25, 0.3) is 10.9 Å². The Labute approximate surface area is 78.6 Å². The predicted molar refractivity (Wildman–Crippen MR) is 48.6 cm³/mol. The molecule has 14 heavy (non-hydrogen) atoms. The van der Waals surface area contributed by atoms with E-state index in [4.69, 9.17) is 5.73 Å². The van der Waals surface area contributed by atoms with Crippen LogP contribution in [0, 0.1) is 18.7 Å². The lowest BCUT2D eigenvalue weighted by Crippen LogP contribution is -1.99. The second-order valence-corrected chi connectivity index (χ2v) is 2.92. The van der Waals surface area contributed by atoms with Gasteiger partial charge in [-0.2, -0.15) is 4.39 Å². The molecule has 0 spiro atoms. The van der Waals surface area contributed by atoms with Gasteiger partial charge in [0.15, 0.2) is 0 Å². The molecule has 72 valence electrons. The summed E-state index contributed by atoms with van der Waals surface area (Å²) in [4.78, 5) is 7.42. The molecule has 0 aliphatic carbocycles. The number of rotatable bonds is 0. The summed E-state index contributed by atoms with van der Waals surface area (Å²) >= 11 is 0. The van der Waals surface area contributed by atoms with Crippen molar-refractivity contribution in [3.8, 4) is 0 Å². The van der Waals surface area contributed by atoms with Crippen molar-refractivity contribution in [1.82, 2.24) is 9.97 Å². The number of nitrogens with zero attached hydrogens (tertiary/aromatic N) is 2. The Morgan fingerprint density at radius 2 is 1.93 bits per heavy atom. The minimum atomic E-state index is -0.788. The van der Waals surface area contributed by atoms with E-state index in [1.807, 2.05) is 0 Å². The Morgan fingerprint density at radius 3 is 2.64 bits per heavy atom. The first-order valence-corrected chi connectivity index (χ1v) is 3.97. The molecule has 0 aliphatic heterocycles. The highest BCUT2D eigenvalue weighted by Crippen LogP contribution is 2.24. The molecule has 2 aromatic rings. The highest BCUT2D eigenvalue weighted by Gasteiger charge is 2.11. The summed E-state index contributed by atoms with van der Waals surface area (Å²) in [5, 5.41) is -0.0596. The molecule has 0 radical (unpaired) electrons. The maximum Gasteiger partial charge on any atom is 0.226 e. The van der Waals surface area contributed by atoms with Crippen molar-refractivity contribution in [2.75, 3.05) is 5.73 Å². The zero-order valence-corrected chi connectivity index (χ0v) is 7.38. The van der Waals surface area contributed by atoms with Crippen LogP contribution in [0.4, 0.5) is 14.5 Å². The van der Waals surface area contributed by atoms with Crippen LogP contribution in [0.3, 0.4) is 0 Å². The van der Waals surface area contributed by atoms with Crippen LogP contribution >= 0.6 is 0 Å². The van der Waals surface area contributed by atoms with E-state index >= 15 is 0 Å². The molecule has 0 unspecified atom stereocenters. The maximum atomic E-state index is 13.3. The highest BCUT2D eigenvalue weighted by atomic mass is 19.1. The third-order valence-electron chi connectivity index (χ3n) is 1.92. The number of hydrogen-bond acceptors (Lipinski definition) is 3. The van der Waals surface area contributed by atoms with E-state index in [1.165, 1.54) is 6.07 Å². The second kappa shape index (κ2) is 2.87. The molecule has 2 N–H and O–H groups in total. The van der Waals surface area contributed by atoms with Crippen molar-refractivity contribution >= 4 is 16.6 Å². The summed E-state index contributed by atoms with van der Waals surface area (Å²) in [5.41, 5.74) is 5.44. The molecule has 3 nitrogen and oxygen atoms in total. The zero-order chi connectivity index (χ0) is 10.3. The van der Waals surface area contributed by atoms with Gasteiger partial charge in [0, 0.05) is 0 Å².